The third kappa shape index (κ3) is 3.64. The van der Waals surface area contributed by atoms with Crippen molar-refractivity contribution in [3.8, 4) is 0 Å². The lowest BCUT2D eigenvalue weighted by molar-refractivity contribution is -0.137. The maximum atomic E-state index is 13.0. The van der Waals surface area contributed by atoms with Gasteiger partial charge >= 0.3 is 6.18 Å². The molecule has 0 unspecified atom stereocenters. The molecule has 7 heteroatoms. The summed E-state index contributed by atoms with van der Waals surface area (Å²) in [5.41, 5.74) is 1.53. The third-order valence-electron chi connectivity index (χ3n) is 4.87. The van der Waals surface area contributed by atoms with Crippen molar-refractivity contribution in [2.45, 2.75) is 32.4 Å². The summed E-state index contributed by atoms with van der Waals surface area (Å²) in [4.78, 5) is 13.4. The minimum Gasteiger partial charge on any atom is -0.305 e. The molecule has 0 fully saturated rings. The fourth-order valence-corrected chi connectivity index (χ4v) is 3.23. The molecule has 1 aromatic heterocycles. The number of halogens is 3. The second-order valence-electron chi connectivity index (χ2n) is 8.03. The molecule has 3 aromatic rings. The Kier molecular flexibility index (Phi) is 4.48. The van der Waals surface area contributed by atoms with Gasteiger partial charge in [-0.2, -0.15) is 13.2 Å². The molecule has 29 heavy (non-hydrogen) atoms. The third-order valence-corrected chi connectivity index (χ3v) is 4.87. The first-order valence-corrected chi connectivity index (χ1v) is 9.29. The predicted octanol–water partition coefficient (Wildman–Crippen LogP) is 6.04. The zero-order valence-electron chi connectivity index (χ0n) is 16.4. The molecule has 0 saturated heterocycles. The standard InChI is InChI=1S/C22H21F3N4/c1-21(2,3)18-13-26-19-20(27-18)29(14-28(19)16-7-5-4-6-8-16)17-11-9-15(10-12-17)22(23,24)25/h4-13H,14H2,1-3H3. The molecule has 1 aliphatic heterocycles. The molecule has 0 spiro atoms. The molecule has 4 rings (SSSR count). The lowest BCUT2D eigenvalue weighted by Gasteiger charge is -2.22. The van der Waals surface area contributed by atoms with Crippen LogP contribution in [0, 0.1) is 0 Å². The SMILES string of the molecule is CC(C)(C)c1cnc2c(n1)N(c1ccc(C(F)(F)F)cc1)CN2c1ccccc1. The minimum atomic E-state index is -4.36. The maximum Gasteiger partial charge on any atom is 0.416 e. The van der Waals surface area contributed by atoms with E-state index in [1.54, 1.807) is 6.20 Å². The molecule has 0 N–H and O–H groups in total. The summed E-state index contributed by atoms with van der Waals surface area (Å²) in [7, 11) is 0. The Labute approximate surface area is 167 Å². The van der Waals surface area contributed by atoms with Crippen LogP contribution in [0.5, 0.6) is 0 Å². The molecule has 1 aliphatic rings. The number of para-hydroxylation sites is 1. The van der Waals surface area contributed by atoms with Gasteiger partial charge in [-0.1, -0.05) is 39.0 Å². The van der Waals surface area contributed by atoms with E-state index in [-0.39, 0.29) is 5.41 Å². The van der Waals surface area contributed by atoms with Gasteiger partial charge in [0.05, 0.1) is 17.5 Å². The first kappa shape index (κ1) is 19.2. The lowest BCUT2D eigenvalue weighted by Crippen LogP contribution is -2.24. The highest BCUT2D eigenvalue weighted by Crippen LogP contribution is 2.42. The lowest BCUT2D eigenvalue weighted by atomic mass is 9.93. The van der Waals surface area contributed by atoms with Crippen LogP contribution in [0.15, 0.2) is 60.8 Å². The second kappa shape index (κ2) is 6.76. The highest BCUT2D eigenvalue weighted by atomic mass is 19.4. The van der Waals surface area contributed by atoms with Crippen molar-refractivity contribution in [3.05, 3.63) is 72.1 Å². The number of hydrogen-bond acceptors (Lipinski definition) is 4. The topological polar surface area (TPSA) is 32.3 Å². The normalized spacial score (nSPS) is 14.3. The number of benzene rings is 2. The van der Waals surface area contributed by atoms with Crippen LogP contribution in [0.25, 0.3) is 0 Å². The molecule has 0 bridgehead atoms. The zero-order chi connectivity index (χ0) is 20.8. The highest BCUT2D eigenvalue weighted by molar-refractivity contribution is 5.81. The van der Waals surface area contributed by atoms with E-state index in [9.17, 15) is 13.2 Å². The van der Waals surface area contributed by atoms with Crippen LogP contribution >= 0.6 is 0 Å². The van der Waals surface area contributed by atoms with Crippen molar-refractivity contribution in [2.75, 3.05) is 16.5 Å². The minimum absolute atomic E-state index is 0.200. The first-order valence-electron chi connectivity index (χ1n) is 9.29. The van der Waals surface area contributed by atoms with Crippen molar-refractivity contribution >= 4 is 23.0 Å². The Morgan fingerprint density at radius 3 is 1.97 bits per heavy atom. The summed E-state index contributed by atoms with van der Waals surface area (Å²) in [6.07, 6.45) is -2.60. The molecular formula is C22H21F3N4. The number of aromatic nitrogens is 2. The molecule has 2 aromatic carbocycles. The van der Waals surface area contributed by atoms with Crippen LogP contribution in [0.4, 0.5) is 36.2 Å². The molecule has 0 saturated carbocycles. The zero-order valence-corrected chi connectivity index (χ0v) is 16.4. The average Bonchev–Trinajstić information content (AvgIpc) is 3.06. The van der Waals surface area contributed by atoms with Gasteiger partial charge in [0, 0.05) is 16.8 Å². The number of hydrogen-bond donors (Lipinski definition) is 0. The van der Waals surface area contributed by atoms with Gasteiger partial charge in [-0.3, -0.25) is 0 Å². The van der Waals surface area contributed by atoms with Gasteiger partial charge in [0.1, 0.15) is 6.67 Å². The number of fused-ring (bicyclic) bond motifs is 1. The molecule has 0 amide bonds. The van der Waals surface area contributed by atoms with Gasteiger partial charge in [-0.05, 0) is 36.4 Å². The van der Waals surface area contributed by atoms with Crippen molar-refractivity contribution in [1.29, 1.82) is 0 Å². The molecule has 0 atom stereocenters. The van der Waals surface area contributed by atoms with Crippen molar-refractivity contribution in [1.82, 2.24) is 9.97 Å². The van der Waals surface area contributed by atoms with Gasteiger partial charge in [-0.25, -0.2) is 9.97 Å². The summed E-state index contributed by atoms with van der Waals surface area (Å²) < 4.78 is 38.9. The molecule has 0 radical (unpaired) electrons. The van der Waals surface area contributed by atoms with Gasteiger partial charge in [0.15, 0.2) is 11.6 Å². The fraction of sp³-hybridized carbons (Fsp3) is 0.273. The van der Waals surface area contributed by atoms with Crippen molar-refractivity contribution in [3.63, 3.8) is 0 Å². The summed E-state index contributed by atoms with van der Waals surface area (Å²) >= 11 is 0. The van der Waals surface area contributed by atoms with Crippen LogP contribution in [0.3, 0.4) is 0 Å². The van der Waals surface area contributed by atoms with Gasteiger partial charge in [0.2, 0.25) is 0 Å². The van der Waals surface area contributed by atoms with Crippen molar-refractivity contribution in [2.24, 2.45) is 0 Å². The Bertz CT molecular complexity index is 1010. The van der Waals surface area contributed by atoms with E-state index >= 15 is 0 Å². The van der Waals surface area contributed by atoms with E-state index < -0.39 is 11.7 Å². The van der Waals surface area contributed by atoms with E-state index in [0.717, 1.165) is 23.5 Å². The quantitative estimate of drug-likeness (QED) is 0.527. The maximum absolute atomic E-state index is 13.0. The van der Waals surface area contributed by atoms with E-state index in [1.165, 1.54) is 12.1 Å². The van der Waals surface area contributed by atoms with E-state index in [4.69, 9.17) is 4.98 Å². The molecular weight excluding hydrogens is 377 g/mol. The summed E-state index contributed by atoms with van der Waals surface area (Å²) in [6.45, 7) is 6.57. The summed E-state index contributed by atoms with van der Waals surface area (Å²) in [5, 5.41) is 0. The second-order valence-corrected chi connectivity index (χ2v) is 8.03. The number of nitrogens with zero attached hydrogens (tertiary/aromatic N) is 4. The van der Waals surface area contributed by atoms with Crippen LogP contribution in [0.1, 0.15) is 32.0 Å². The largest absolute Gasteiger partial charge is 0.416 e. The van der Waals surface area contributed by atoms with E-state index in [0.29, 0.717) is 24.0 Å². The summed E-state index contributed by atoms with van der Waals surface area (Å²) in [5.74, 6) is 1.32. The van der Waals surface area contributed by atoms with Gasteiger partial charge in [-0.15, -0.1) is 0 Å². The van der Waals surface area contributed by atoms with Crippen LogP contribution in [0.2, 0.25) is 0 Å². The van der Waals surface area contributed by atoms with E-state index in [2.05, 4.69) is 25.8 Å². The van der Waals surface area contributed by atoms with Gasteiger partial charge < -0.3 is 9.80 Å². The molecule has 150 valence electrons. The van der Waals surface area contributed by atoms with Gasteiger partial charge in [0.25, 0.3) is 0 Å². The Morgan fingerprint density at radius 2 is 1.38 bits per heavy atom. The number of alkyl halides is 3. The fourth-order valence-electron chi connectivity index (χ4n) is 3.23. The number of anilines is 4. The van der Waals surface area contributed by atoms with Crippen molar-refractivity contribution < 1.29 is 13.2 Å². The average molecular weight is 398 g/mol. The molecule has 4 nitrogen and oxygen atoms in total. The Balaban J connectivity index is 1.79. The Hall–Kier alpha value is -3.09. The smallest absolute Gasteiger partial charge is 0.305 e. The van der Waals surface area contributed by atoms with Crippen LogP contribution in [-0.4, -0.2) is 16.6 Å². The highest BCUT2D eigenvalue weighted by Gasteiger charge is 2.34. The predicted molar refractivity (Wildman–Crippen MR) is 108 cm³/mol. The monoisotopic (exact) mass is 398 g/mol. The summed E-state index contributed by atoms with van der Waals surface area (Å²) in [6, 6.07) is 14.9. The van der Waals surface area contributed by atoms with E-state index in [1.807, 2.05) is 40.1 Å². The Morgan fingerprint density at radius 1 is 0.793 bits per heavy atom. The van der Waals surface area contributed by atoms with Crippen LogP contribution < -0.4 is 9.80 Å². The first-order chi connectivity index (χ1) is 13.6. The molecule has 0 aliphatic carbocycles. The number of rotatable bonds is 2. The molecule has 2 heterocycles. The van der Waals surface area contributed by atoms with Crippen LogP contribution in [-0.2, 0) is 11.6 Å².